The summed E-state index contributed by atoms with van der Waals surface area (Å²) >= 11 is 8.09. The zero-order valence-corrected chi connectivity index (χ0v) is 42.8. The summed E-state index contributed by atoms with van der Waals surface area (Å²) in [4.78, 5) is 59.6. The molecule has 0 radical (unpaired) electrons. The Morgan fingerprint density at radius 1 is 0.929 bits per heavy atom. The molecular formula is C53H67ClN10O5S. The second-order valence-electron chi connectivity index (χ2n) is 20.0. The second-order valence-corrected chi connectivity index (χ2v) is 21.3. The van der Waals surface area contributed by atoms with E-state index in [0.29, 0.717) is 45.7 Å². The number of aliphatic hydroxyl groups is 1. The molecule has 2 aliphatic heterocycles. The second kappa shape index (κ2) is 22.2. The Morgan fingerprint density at radius 2 is 1.66 bits per heavy atom. The molecule has 1 aliphatic carbocycles. The van der Waals surface area contributed by atoms with Gasteiger partial charge in [0.25, 0.3) is 5.91 Å². The molecule has 4 atom stereocenters. The molecule has 2 aromatic heterocycles. The van der Waals surface area contributed by atoms with Crippen molar-refractivity contribution in [2.75, 3.05) is 44.4 Å². The molecule has 4 heterocycles. The molecule has 15 nitrogen and oxygen atoms in total. The molecule has 3 aromatic carbocycles. The topological polar surface area (TPSA) is 186 Å². The third-order valence-electron chi connectivity index (χ3n) is 14.2. The van der Waals surface area contributed by atoms with E-state index in [-0.39, 0.29) is 42.8 Å². The number of likely N-dealkylation sites (tertiary alicyclic amines) is 2. The lowest BCUT2D eigenvalue weighted by Gasteiger charge is -2.43. The van der Waals surface area contributed by atoms with E-state index in [1.54, 1.807) is 48.6 Å². The van der Waals surface area contributed by atoms with Crippen molar-refractivity contribution in [1.29, 1.82) is 0 Å². The van der Waals surface area contributed by atoms with Crippen LogP contribution in [-0.4, -0.2) is 112 Å². The SMILES string of the molecule is CNC(=O)c1ccccc1Nc1nc(Nc2ccc(C3CCN(C4CCC(N[C@H](C(=O)N5C[C@H](O)C[C@H]5C(=O)N[C@@H](C)c5ccc(-c6scnc6C)cc5)C(C)(C)C)CC4)CC3)cc2OC)ncc1Cl. The quantitative estimate of drug-likeness (QED) is 0.0587. The van der Waals surface area contributed by atoms with Crippen molar-refractivity contribution < 1.29 is 24.2 Å². The molecule has 3 amide bonds. The number of halogens is 1. The van der Waals surface area contributed by atoms with Gasteiger partial charge in [0.15, 0.2) is 5.82 Å². The number of amides is 3. The lowest BCUT2D eigenvalue weighted by Crippen LogP contribution is -2.59. The molecule has 3 aliphatic rings. The first-order valence-electron chi connectivity index (χ1n) is 24.4. The number of nitrogens with one attached hydrogen (secondary N) is 5. The normalized spacial score (nSPS) is 20.9. The summed E-state index contributed by atoms with van der Waals surface area (Å²) in [6.45, 7) is 12.3. The van der Waals surface area contributed by atoms with Crippen LogP contribution in [0.4, 0.5) is 23.1 Å². The molecule has 2 saturated heterocycles. The molecule has 1 saturated carbocycles. The van der Waals surface area contributed by atoms with Crippen LogP contribution in [0, 0.1) is 12.3 Å². The van der Waals surface area contributed by atoms with Crippen molar-refractivity contribution in [3.05, 3.63) is 106 Å². The maximum Gasteiger partial charge on any atom is 0.253 e. The number of aryl methyl sites for hydroxylation is 1. The number of nitrogens with zero attached hydrogens (tertiary/aromatic N) is 5. The van der Waals surface area contributed by atoms with E-state index in [1.807, 2.05) is 43.6 Å². The van der Waals surface area contributed by atoms with Gasteiger partial charge in [-0.3, -0.25) is 14.4 Å². The number of thiazole rings is 1. The summed E-state index contributed by atoms with van der Waals surface area (Å²) in [6.07, 6.45) is 7.04. The van der Waals surface area contributed by atoms with Crippen LogP contribution in [0.15, 0.2) is 78.4 Å². The van der Waals surface area contributed by atoms with E-state index >= 15 is 0 Å². The average molecular weight is 992 g/mol. The van der Waals surface area contributed by atoms with Crippen LogP contribution in [0.5, 0.6) is 5.75 Å². The van der Waals surface area contributed by atoms with Crippen LogP contribution in [0.1, 0.15) is 112 Å². The van der Waals surface area contributed by atoms with Gasteiger partial charge in [-0.1, -0.05) is 74.8 Å². The number of anilines is 4. The Hall–Kier alpha value is -5.65. The number of rotatable bonds is 15. The predicted octanol–water partition coefficient (Wildman–Crippen LogP) is 8.75. The summed E-state index contributed by atoms with van der Waals surface area (Å²) in [6, 6.07) is 20.7. The minimum absolute atomic E-state index is 0.132. The fourth-order valence-corrected chi connectivity index (χ4v) is 11.2. The lowest BCUT2D eigenvalue weighted by atomic mass is 9.82. The molecule has 6 N–H and O–H groups in total. The molecular weight excluding hydrogens is 924 g/mol. The third kappa shape index (κ3) is 11.7. The number of aliphatic hydroxyl groups excluding tert-OH is 1. The highest BCUT2D eigenvalue weighted by atomic mass is 35.5. The number of carbonyl (C=O) groups is 3. The van der Waals surface area contributed by atoms with Crippen LogP contribution in [0.25, 0.3) is 10.4 Å². The number of aromatic nitrogens is 3. The van der Waals surface area contributed by atoms with E-state index in [4.69, 9.17) is 16.3 Å². The summed E-state index contributed by atoms with van der Waals surface area (Å²) in [5.74, 6) is 1.14. The van der Waals surface area contributed by atoms with Gasteiger partial charge in [0.05, 0.1) is 64.5 Å². The predicted molar refractivity (Wildman–Crippen MR) is 277 cm³/mol. The van der Waals surface area contributed by atoms with Crippen LogP contribution < -0.4 is 31.3 Å². The van der Waals surface area contributed by atoms with Gasteiger partial charge in [-0.15, -0.1) is 11.3 Å². The van der Waals surface area contributed by atoms with Crippen molar-refractivity contribution in [2.24, 2.45) is 5.41 Å². The van der Waals surface area contributed by atoms with Crippen LogP contribution in [0.3, 0.4) is 0 Å². The van der Waals surface area contributed by atoms with Gasteiger partial charge >= 0.3 is 0 Å². The van der Waals surface area contributed by atoms with Crippen molar-refractivity contribution in [3.63, 3.8) is 0 Å². The summed E-state index contributed by atoms with van der Waals surface area (Å²) in [5.41, 5.74) is 7.45. The molecule has 0 spiro atoms. The molecule has 17 heteroatoms. The number of benzene rings is 3. The first-order valence-corrected chi connectivity index (χ1v) is 25.7. The van der Waals surface area contributed by atoms with E-state index < -0.39 is 23.6 Å². The first-order chi connectivity index (χ1) is 33.6. The number of piperidine rings is 1. The summed E-state index contributed by atoms with van der Waals surface area (Å²) in [7, 11) is 3.24. The molecule has 70 heavy (non-hydrogen) atoms. The van der Waals surface area contributed by atoms with Gasteiger partial charge in [-0.2, -0.15) is 4.98 Å². The monoisotopic (exact) mass is 990 g/mol. The van der Waals surface area contributed by atoms with Gasteiger partial charge in [0.2, 0.25) is 17.8 Å². The molecule has 372 valence electrons. The standard InChI is InChI=1S/C53H67ClN10O5S/c1-31(33-12-14-35(15-13-33)46-32(2)57-30-70-46)58-50(67)44-27-39(65)29-64(44)51(68)47(53(3,4)5)59-37-17-19-38(20-18-37)63-24-22-34(23-25-63)36-16-21-43(45(26-36)69-7)61-52-56-28-41(54)48(62-52)60-42-11-9-8-10-40(42)49(66)55-6/h8-16,21,26,28,30-31,34,37-39,44,47,59,65H,17-20,22-25,27,29H2,1-7H3,(H,55,66)(H,58,67)(H2,56,60,61,62)/t31-,37?,38?,39+,44-,47+/m0/s1. The Bertz CT molecular complexity index is 2630. The largest absolute Gasteiger partial charge is 0.495 e. The zero-order valence-electron chi connectivity index (χ0n) is 41.2. The van der Waals surface area contributed by atoms with E-state index in [9.17, 15) is 19.5 Å². The maximum atomic E-state index is 14.5. The average Bonchev–Trinajstić information content (AvgIpc) is 3.99. The summed E-state index contributed by atoms with van der Waals surface area (Å²) in [5, 5.41) is 27.2. The third-order valence-corrected chi connectivity index (χ3v) is 15.5. The number of hydrogen-bond donors (Lipinski definition) is 6. The number of para-hydroxylation sites is 1. The Balaban J connectivity index is 0.826. The number of hydrogen-bond acceptors (Lipinski definition) is 13. The molecule has 3 fully saturated rings. The molecule has 8 rings (SSSR count). The lowest BCUT2D eigenvalue weighted by molar-refractivity contribution is -0.142. The van der Waals surface area contributed by atoms with Crippen molar-refractivity contribution in [3.8, 4) is 16.2 Å². The van der Waals surface area contributed by atoms with E-state index in [1.165, 1.54) is 11.8 Å². The fourth-order valence-electron chi connectivity index (χ4n) is 10.3. The number of β-amino-alcohol motifs (C(OH)–C–C–N with tert-alkyl or cyclic N) is 1. The molecule has 5 aromatic rings. The highest BCUT2D eigenvalue weighted by Crippen LogP contribution is 2.38. The first kappa shape index (κ1) is 50.7. The van der Waals surface area contributed by atoms with Crippen LogP contribution in [-0.2, 0) is 9.59 Å². The zero-order chi connectivity index (χ0) is 49.7. The van der Waals surface area contributed by atoms with Gasteiger partial charge in [0.1, 0.15) is 16.8 Å². The van der Waals surface area contributed by atoms with Gasteiger partial charge in [-0.25, -0.2) is 9.97 Å². The smallest absolute Gasteiger partial charge is 0.253 e. The summed E-state index contributed by atoms with van der Waals surface area (Å²) < 4.78 is 5.86. The van der Waals surface area contributed by atoms with Gasteiger partial charge in [0, 0.05) is 32.1 Å². The molecule has 0 unspecified atom stereocenters. The van der Waals surface area contributed by atoms with Crippen molar-refractivity contribution >= 4 is 63.8 Å². The fraction of sp³-hybridized carbons (Fsp3) is 0.472. The minimum atomic E-state index is -0.767. The number of methoxy groups -OCH3 is 1. The Morgan fingerprint density at radius 3 is 2.33 bits per heavy atom. The van der Waals surface area contributed by atoms with E-state index in [0.717, 1.165) is 79.0 Å². The van der Waals surface area contributed by atoms with E-state index in [2.05, 4.69) is 91.5 Å². The van der Waals surface area contributed by atoms with Gasteiger partial charge < -0.3 is 46.2 Å². The van der Waals surface area contributed by atoms with Crippen LogP contribution in [0.2, 0.25) is 5.02 Å². The van der Waals surface area contributed by atoms with Crippen molar-refractivity contribution in [2.45, 2.75) is 122 Å². The Kier molecular flexibility index (Phi) is 16.1. The van der Waals surface area contributed by atoms with Gasteiger partial charge in [-0.05, 0) is 118 Å². The van der Waals surface area contributed by atoms with Crippen LogP contribution >= 0.6 is 22.9 Å². The van der Waals surface area contributed by atoms with Crippen molar-refractivity contribution in [1.82, 2.24) is 40.7 Å². The maximum absolute atomic E-state index is 14.5. The minimum Gasteiger partial charge on any atom is -0.495 e. The highest BCUT2D eigenvalue weighted by molar-refractivity contribution is 7.13. The number of carbonyl (C=O) groups excluding carboxylic acids is 3. The Labute approximate surface area is 420 Å². The number of ether oxygens (including phenoxy) is 1. The molecule has 0 bridgehead atoms. The highest BCUT2D eigenvalue weighted by Gasteiger charge is 2.45.